The lowest BCUT2D eigenvalue weighted by Gasteiger charge is -2.24. The highest BCUT2D eigenvalue weighted by Crippen LogP contribution is 2.25. The third-order valence-corrected chi connectivity index (χ3v) is 3.98. The molecule has 0 saturated heterocycles. The quantitative estimate of drug-likeness (QED) is 0.326. The van der Waals surface area contributed by atoms with Crippen molar-refractivity contribution in [1.82, 2.24) is 10.8 Å². The Morgan fingerprint density at radius 2 is 2.04 bits per heavy atom. The fourth-order valence-corrected chi connectivity index (χ4v) is 2.44. The van der Waals surface area contributed by atoms with Crippen molar-refractivity contribution in [3.05, 3.63) is 41.2 Å². The summed E-state index contributed by atoms with van der Waals surface area (Å²) in [6.07, 6.45) is 2.25. The van der Waals surface area contributed by atoms with E-state index >= 15 is 0 Å². The summed E-state index contributed by atoms with van der Waals surface area (Å²) in [5, 5.41) is 8.13. The van der Waals surface area contributed by atoms with E-state index in [9.17, 15) is 14.0 Å². The van der Waals surface area contributed by atoms with Gasteiger partial charge in [0.2, 0.25) is 0 Å². The van der Waals surface area contributed by atoms with Crippen LogP contribution in [0.15, 0.2) is 40.8 Å². The number of nitrogens with zero attached hydrogens (tertiary/aromatic N) is 2. The van der Waals surface area contributed by atoms with Crippen LogP contribution in [0.4, 0.5) is 10.1 Å². The van der Waals surface area contributed by atoms with Crippen LogP contribution in [0.3, 0.4) is 0 Å². The van der Waals surface area contributed by atoms with Crippen LogP contribution in [0.1, 0.15) is 36.0 Å². The van der Waals surface area contributed by atoms with E-state index < -0.39 is 18.5 Å². The van der Waals surface area contributed by atoms with Gasteiger partial charge in [-0.15, -0.1) is 0 Å². The van der Waals surface area contributed by atoms with E-state index in [4.69, 9.17) is 5.73 Å². The second kappa shape index (κ2) is 9.67. The van der Waals surface area contributed by atoms with Crippen molar-refractivity contribution in [2.24, 2.45) is 10.8 Å². The molecule has 1 fully saturated rings. The maximum atomic E-state index is 12.7. The Hall–Kier alpha value is -2.94. The number of hydrogen-bond acceptors (Lipinski definition) is 6. The number of halogens is 1. The lowest BCUT2D eigenvalue weighted by atomic mass is 10.1. The van der Waals surface area contributed by atoms with Gasteiger partial charge < -0.3 is 11.1 Å². The summed E-state index contributed by atoms with van der Waals surface area (Å²) in [4.78, 5) is 28.7. The van der Waals surface area contributed by atoms with E-state index in [1.807, 2.05) is 0 Å². The highest BCUT2D eigenvalue weighted by Gasteiger charge is 2.26. The van der Waals surface area contributed by atoms with Gasteiger partial charge in [0.1, 0.15) is 5.70 Å². The van der Waals surface area contributed by atoms with E-state index in [1.165, 1.54) is 12.1 Å². The highest BCUT2D eigenvalue weighted by atomic mass is 19.1. The van der Waals surface area contributed by atoms with Gasteiger partial charge >= 0.3 is 0 Å². The zero-order valence-corrected chi connectivity index (χ0v) is 15.2. The monoisotopic (exact) mass is 377 g/mol. The molecular formula is C18H24FN5O3. The number of rotatable bonds is 10. The molecule has 27 heavy (non-hydrogen) atoms. The third-order valence-electron chi connectivity index (χ3n) is 3.98. The Morgan fingerprint density at radius 1 is 1.37 bits per heavy atom. The molecule has 146 valence electrons. The molecule has 0 atom stereocenters. The maximum absolute atomic E-state index is 12.7. The van der Waals surface area contributed by atoms with Crippen molar-refractivity contribution in [3.63, 3.8) is 0 Å². The van der Waals surface area contributed by atoms with Gasteiger partial charge in [0.05, 0.1) is 25.2 Å². The standard InChI is InChI=1S/C18H24FN5O3/c1-21-24(14-9-5-12(6-10-14)17(25)23-27-2)15(4-3-11-19)16(20)18(26)22-13-7-8-13/h5-6,9-10,13H,1,3-4,7-8,11,20H2,2H3,(H,22,26)(H,23,25)/b16-15-. The molecule has 2 amide bonds. The molecule has 1 aromatic rings. The molecule has 0 aliphatic heterocycles. The SMILES string of the molecule is C=NN(/C(CCCF)=C(\N)C(=O)NC1CC1)c1ccc(C(=O)NOC)cc1. The topological polar surface area (TPSA) is 109 Å². The fourth-order valence-electron chi connectivity index (χ4n) is 2.44. The van der Waals surface area contributed by atoms with Gasteiger partial charge in [-0.25, -0.2) is 10.5 Å². The maximum Gasteiger partial charge on any atom is 0.274 e. The number of hydrazone groups is 1. The third kappa shape index (κ3) is 5.52. The number of nitrogens with one attached hydrogen (secondary N) is 2. The van der Waals surface area contributed by atoms with Crippen molar-refractivity contribution in [2.45, 2.75) is 31.7 Å². The fraction of sp³-hybridized carbons (Fsp3) is 0.389. The van der Waals surface area contributed by atoms with Crippen LogP contribution in [0, 0.1) is 0 Å². The number of benzene rings is 1. The second-order valence-electron chi connectivity index (χ2n) is 6.04. The molecule has 1 aliphatic carbocycles. The van der Waals surface area contributed by atoms with Crippen LogP contribution in [0.25, 0.3) is 0 Å². The molecule has 1 aliphatic rings. The predicted molar refractivity (Wildman–Crippen MR) is 101 cm³/mol. The number of nitrogens with two attached hydrogens (primary N) is 1. The number of allylic oxidation sites excluding steroid dienone is 1. The van der Waals surface area contributed by atoms with E-state index in [-0.39, 0.29) is 24.6 Å². The van der Waals surface area contributed by atoms with Gasteiger partial charge in [-0.1, -0.05) is 0 Å². The molecule has 4 N–H and O–H groups in total. The highest BCUT2D eigenvalue weighted by molar-refractivity contribution is 5.95. The number of amides is 2. The minimum atomic E-state index is -0.553. The average Bonchev–Trinajstić information content (AvgIpc) is 3.49. The molecule has 2 rings (SSSR count). The van der Waals surface area contributed by atoms with Gasteiger partial charge in [-0.2, -0.15) is 5.10 Å². The van der Waals surface area contributed by atoms with Crippen LogP contribution in [-0.4, -0.2) is 38.4 Å². The summed E-state index contributed by atoms with van der Waals surface area (Å²) >= 11 is 0. The summed E-state index contributed by atoms with van der Waals surface area (Å²) in [6.45, 7) is 2.98. The van der Waals surface area contributed by atoms with Gasteiger partial charge in [-0.3, -0.25) is 18.8 Å². The van der Waals surface area contributed by atoms with Crippen molar-refractivity contribution in [3.8, 4) is 0 Å². The lowest BCUT2D eigenvalue weighted by molar-refractivity contribution is -0.117. The largest absolute Gasteiger partial charge is 0.393 e. The zero-order valence-electron chi connectivity index (χ0n) is 15.2. The summed E-state index contributed by atoms with van der Waals surface area (Å²) < 4.78 is 12.7. The molecule has 9 heteroatoms. The van der Waals surface area contributed by atoms with Crippen LogP contribution in [0.2, 0.25) is 0 Å². The minimum absolute atomic E-state index is 0.0241. The average molecular weight is 377 g/mol. The second-order valence-corrected chi connectivity index (χ2v) is 6.04. The number of hydrogen-bond donors (Lipinski definition) is 3. The van der Waals surface area contributed by atoms with Crippen LogP contribution >= 0.6 is 0 Å². The normalized spacial score (nSPS) is 14.1. The molecule has 1 saturated carbocycles. The number of alkyl halides is 1. The molecule has 0 spiro atoms. The first kappa shape index (κ1) is 20.4. The number of anilines is 1. The molecule has 1 aromatic carbocycles. The van der Waals surface area contributed by atoms with Gasteiger partial charge in [0.15, 0.2) is 0 Å². The number of carbonyl (C=O) groups is 2. The van der Waals surface area contributed by atoms with Gasteiger partial charge in [0, 0.05) is 18.3 Å². The number of hydroxylamine groups is 1. The lowest BCUT2D eigenvalue weighted by Crippen LogP contribution is -2.34. The van der Waals surface area contributed by atoms with Crippen LogP contribution < -0.4 is 21.5 Å². The Kier molecular flexibility index (Phi) is 7.30. The van der Waals surface area contributed by atoms with Crippen molar-refractivity contribution < 1.29 is 18.8 Å². The molecular weight excluding hydrogens is 353 g/mol. The van der Waals surface area contributed by atoms with E-state index in [0.717, 1.165) is 12.8 Å². The Balaban J connectivity index is 2.29. The summed E-state index contributed by atoms with van der Waals surface area (Å²) in [5.74, 6) is -0.810. The van der Waals surface area contributed by atoms with E-state index in [1.54, 1.807) is 24.3 Å². The van der Waals surface area contributed by atoms with E-state index in [0.29, 0.717) is 16.9 Å². The smallest absolute Gasteiger partial charge is 0.274 e. The van der Waals surface area contributed by atoms with Crippen molar-refractivity contribution in [2.75, 3.05) is 18.8 Å². The predicted octanol–water partition coefficient (Wildman–Crippen LogP) is 1.60. The van der Waals surface area contributed by atoms with E-state index in [2.05, 4.69) is 27.5 Å². The number of carbonyl (C=O) groups excluding carboxylic acids is 2. The first-order valence-corrected chi connectivity index (χ1v) is 8.57. The minimum Gasteiger partial charge on any atom is -0.393 e. The molecule has 0 radical (unpaired) electrons. The Labute approximate surface area is 157 Å². The molecule has 0 heterocycles. The van der Waals surface area contributed by atoms with Crippen molar-refractivity contribution in [1.29, 1.82) is 0 Å². The summed E-state index contributed by atoms with van der Waals surface area (Å²) in [5.41, 5.74) is 9.51. The van der Waals surface area contributed by atoms with Crippen molar-refractivity contribution >= 4 is 24.2 Å². The van der Waals surface area contributed by atoms with Gasteiger partial charge in [0.25, 0.3) is 11.8 Å². The Bertz CT molecular complexity index is 716. The van der Waals surface area contributed by atoms with Gasteiger partial charge in [-0.05, 0) is 49.9 Å². The molecule has 8 nitrogen and oxygen atoms in total. The molecule has 0 aromatic heterocycles. The molecule has 0 bridgehead atoms. The first-order valence-electron chi connectivity index (χ1n) is 8.57. The summed E-state index contributed by atoms with van der Waals surface area (Å²) in [7, 11) is 1.34. The zero-order chi connectivity index (χ0) is 19.8. The van der Waals surface area contributed by atoms with Crippen LogP contribution in [-0.2, 0) is 9.63 Å². The molecule has 0 unspecified atom stereocenters. The first-order chi connectivity index (χ1) is 13.0. The summed E-state index contributed by atoms with van der Waals surface area (Å²) in [6, 6.07) is 6.52. The Morgan fingerprint density at radius 3 is 2.56 bits per heavy atom. The van der Waals surface area contributed by atoms with Crippen LogP contribution in [0.5, 0.6) is 0 Å².